The van der Waals surface area contributed by atoms with Crippen molar-refractivity contribution < 1.29 is 0 Å². The third-order valence-electron chi connectivity index (χ3n) is 22.3. The Kier molecular flexibility index (Phi) is 19.2. The Labute approximate surface area is 711 Å². The lowest BCUT2D eigenvalue weighted by molar-refractivity contribution is 1.06. The van der Waals surface area contributed by atoms with Crippen molar-refractivity contribution in [3.63, 3.8) is 0 Å². The van der Waals surface area contributed by atoms with Crippen molar-refractivity contribution in [3.8, 4) is 119 Å². The molecule has 15 heteroatoms. The number of benzene rings is 16. The highest BCUT2D eigenvalue weighted by atomic mass is 35.5. The Morgan fingerprint density at radius 3 is 1.17 bits per heavy atom. The zero-order chi connectivity index (χ0) is 80.9. The molecule has 0 saturated carbocycles. The molecule has 572 valence electrons. The molecular formula is C106H67Cl3N12. The standard InChI is InChI=1S/C39H25ClN4.C34H21ClN4.C33H21ClN4/c40-39-42-37(28-15-8-3-9-16-28)41-38(43-39)31-20-22-36-34(25-31)33-24-30(27-13-6-2-7-14-27)19-21-35(33)44(36)32-18-10-17-29(23-32)26-11-4-1-5-12-26;35-34-37-32(24-19-22-11-6-9-21-10-7-12-23(20-24)30(21)22)36-33(38-34)28-17-8-16-27-26-15-4-5-18-29(26)39(31(27)28)25-13-2-1-3-14-25;34-33-36-31(23-12-6-2-7-13-23)35-32(37-33)25-17-19-29-28(20-25)27-18-16-24(22-10-4-1-5-11-22)21-30(27)38(29)26-14-8-3-9-15-26/h1-25H;1-9,11-20H,10H2;1-21H. The summed E-state index contributed by atoms with van der Waals surface area (Å²) in [7, 11) is 0. The van der Waals surface area contributed by atoms with Gasteiger partial charge in [-0.3, -0.25) is 0 Å². The Morgan fingerprint density at radius 1 is 0.223 bits per heavy atom. The van der Waals surface area contributed by atoms with Crippen molar-refractivity contribution in [2.45, 2.75) is 6.42 Å². The molecule has 1 aliphatic carbocycles. The van der Waals surface area contributed by atoms with Crippen molar-refractivity contribution >= 4 is 117 Å². The first kappa shape index (κ1) is 73.4. The van der Waals surface area contributed by atoms with Gasteiger partial charge in [0.25, 0.3) is 0 Å². The van der Waals surface area contributed by atoms with E-state index in [0.717, 1.165) is 122 Å². The number of allylic oxidation sites excluding steroid dienone is 1. The molecule has 121 heavy (non-hydrogen) atoms. The SMILES string of the molecule is Clc1nc(-c2cc3c4c(cccc4c2)CC=C3)nc(-c2cccc3c4ccccc4n(-c4ccccc4)c23)n1.Clc1nc(-c2ccccc2)nc(-c2ccc3c(c2)c2cc(-c4ccccc4)ccc2n3-c2cccc(-c3ccccc3)c2)n1.Clc1nc(-c2ccccc2)nc(-c2ccc3c(c2)c2ccc(-c4ccccc4)cc2n3-c2ccccc2)n1. The van der Waals surface area contributed by atoms with E-state index in [0.29, 0.717) is 34.9 Å². The fourth-order valence-electron chi connectivity index (χ4n) is 16.9. The summed E-state index contributed by atoms with van der Waals surface area (Å²) < 4.78 is 6.94. The number of hydrogen-bond acceptors (Lipinski definition) is 9. The summed E-state index contributed by atoms with van der Waals surface area (Å²) in [6.07, 6.45) is 5.34. The van der Waals surface area contributed by atoms with E-state index in [-0.39, 0.29) is 15.9 Å². The van der Waals surface area contributed by atoms with Gasteiger partial charge >= 0.3 is 0 Å². The summed E-state index contributed by atoms with van der Waals surface area (Å²) in [5, 5.41) is 9.84. The maximum absolute atomic E-state index is 6.58. The van der Waals surface area contributed by atoms with Gasteiger partial charge in [-0.05, 0) is 212 Å². The Balaban J connectivity index is 0.000000112. The zero-order valence-corrected chi connectivity index (χ0v) is 67.0. The highest BCUT2D eigenvalue weighted by Crippen LogP contribution is 2.43. The molecule has 0 N–H and O–H groups in total. The molecule has 0 radical (unpaired) electrons. The van der Waals surface area contributed by atoms with Crippen molar-refractivity contribution in [1.82, 2.24) is 58.6 Å². The summed E-state index contributed by atoms with van der Waals surface area (Å²) in [4.78, 5) is 41.6. The van der Waals surface area contributed by atoms with E-state index in [1.165, 1.54) is 55.1 Å². The number of fused-ring (bicyclic) bond motifs is 9. The van der Waals surface area contributed by atoms with Crippen LogP contribution >= 0.6 is 34.8 Å². The molecule has 0 atom stereocenters. The molecule has 0 amide bonds. The Morgan fingerprint density at radius 2 is 0.603 bits per heavy atom. The fourth-order valence-corrected chi connectivity index (χ4v) is 17.3. The topological polar surface area (TPSA) is 131 Å². The molecule has 0 unspecified atom stereocenters. The van der Waals surface area contributed by atoms with Crippen LogP contribution in [0.15, 0.2) is 388 Å². The smallest absolute Gasteiger partial charge is 0.226 e. The van der Waals surface area contributed by atoms with Crippen molar-refractivity contribution in [2.24, 2.45) is 0 Å². The van der Waals surface area contributed by atoms with Crippen LogP contribution in [-0.4, -0.2) is 58.6 Å². The molecule has 16 aromatic carbocycles. The minimum atomic E-state index is 0.167. The summed E-state index contributed by atoms with van der Waals surface area (Å²) in [5.41, 5.74) is 24.9. The molecule has 0 saturated heterocycles. The third kappa shape index (κ3) is 14.2. The summed E-state index contributed by atoms with van der Waals surface area (Å²) in [6, 6.07) is 132. The first-order chi connectivity index (χ1) is 59.7. The van der Waals surface area contributed by atoms with Gasteiger partial charge in [0, 0.05) is 82.8 Å². The molecular weight excluding hydrogens is 1550 g/mol. The normalized spacial score (nSPS) is 11.7. The second kappa shape index (κ2) is 31.7. The molecule has 6 aromatic heterocycles. The highest BCUT2D eigenvalue weighted by Gasteiger charge is 2.24. The van der Waals surface area contributed by atoms with Crippen molar-refractivity contribution in [3.05, 3.63) is 415 Å². The molecule has 0 spiro atoms. The summed E-state index contributed by atoms with van der Waals surface area (Å²) >= 11 is 19.4. The summed E-state index contributed by atoms with van der Waals surface area (Å²) in [6.45, 7) is 0. The van der Waals surface area contributed by atoms with Gasteiger partial charge in [0.15, 0.2) is 34.9 Å². The van der Waals surface area contributed by atoms with E-state index in [9.17, 15) is 0 Å². The van der Waals surface area contributed by atoms with Gasteiger partial charge in [0.2, 0.25) is 15.9 Å². The number of nitrogens with zero attached hydrogens (tertiary/aromatic N) is 12. The maximum Gasteiger partial charge on any atom is 0.226 e. The predicted molar refractivity (Wildman–Crippen MR) is 497 cm³/mol. The van der Waals surface area contributed by atoms with E-state index in [4.69, 9.17) is 49.8 Å². The molecule has 6 heterocycles. The second-order valence-corrected chi connectivity index (χ2v) is 30.7. The summed E-state index contributed by atoms with van der Waals surface area (Å²) in [5.74, 6) is 3.30. The molecule has 0 bridgehead atoms. The fraction of sp³-hybridized carbons (Fsp3) is 0.00943. The van der Waals surface area contributed by atoms with Gasteiger partial charge in [-0.25, -0.2) is 15.0 Å². The first-order valence-corrected chi connectivity index (χ1v) is 41.0. The van der Waals surface area contributed by atoms with Gasteiger partial charge in [-0.1, -0.05) is 279 Å². The van der Waals surface area contributed by atoms with Crippen molar-refractivity contribution in [2.75, 3.05) is 0 Å². The Bertz CT molecular complexity index is 7760. The lowest BCUT2D eigenvalue weighted by atomic mass is 9.91. The van der Waals surface area contributed by atoms with Crippen LogP contribution < -0.4 is 0 Å². The van der Waals surface area contributed by atoms with Gasteiger partial charge in [0.05, 0.1) is 33.1 Å². The minimum Gasteiger partial charge on any atom is -0.309 e. The largest absolute Gasteiger partial charge is 0.309 e. The molecule has 22 aromatic rings. The van der Waals surface area contributed by atoms with Crippen LogP contribution in [0.25, 0.3) is 201 Å². The molecule has 12 nitrogen and oxygen atoms in total. The average molecular weight is 1620 g/mol. The van der Waals surface area contributed by atoms with Crippen LogP contribution in [0.4, 0.5) is 0 Å². The van der Waals surface area contributed by atoms with Gasteiger partial charge in [-0.2, -0.15) is 29.9 Å². The van der Waals surface area contributed by atoms with Crippen LogP contribution in [0.3, 0.4) is 0 Å². The van der Waals surface area contributed by atoms with Crippen molar-refractivity contribution in [1.29, 1.82) is 0 Å². The lowest BCUT2D eigenvalue weighted by Gasteiger charge is -2.15. The van der Waals surface area contributed by atoms with Gasteiger partial charge in [-0.15, -0.1) is 0 Å². The number of para-hydroxylation sites is 4. The van der Waals surface area contributed by atoms with Gasteiger partial charge in [0.1, 0.15) is 0 Å². The van der Waals surface area contributed by atoms with Gasteiger partial charge < -0.3 is 13.7 Å². The molecule has 0 fully saturated rings. The number of hydrogen-bond donors (Lipinski definition) is 0. The van der Waals surface area contributed by atoms with E-state index in [2.05, 4.69) is 347 Å². The minimum absolute atomic E-state index is 0.167. The van der Waals surface area contributed by atoms with E-state index in [1.807, 2.05) is 91.0 Å². The van der Waals surface area contributed by atoms with Crippen LogP contribution in [0.2, 0.25) is 15.9 Å². The maximum atomic E-state index is 6.58. The first-order valence-electron chi connectivity index (χ1n) is 39.9. The number of rotatable bonds is 12. The van der Waals surface area contributed by atoms with E-state index < -0.39 is 0 Å². The number of halogens is 3. The Hall–Kier alpha value is -15.2. The van der Waals surface area contributed by atoms with Crippen LogP contribution in [0.1, 0.15) is 11.1 Å². The second-order valence-electron chi connectivity index (χ2n) is 29.6. The quantitative estimate of drug-likeness (QED) is 0.117. The third-order valence-corrected chi connectivity index (χ3v) is 22.8. The van der Waals surface area contributed by atoms with Crippen LogP contribution in [-0.2, 0) is 6.42 Å². The number of aromatic nitrogens is 12. The van der Waals surface area contributed by atoms with Crippen LogP contribution in [0, 0.1) is 0 Å². The zero-order valence-electron chi connectivity index (χ0n) is 64.7. The van der Waals surface area contributed by atoms with E-state index >= 15 is 0 Å². The molecule has 23 rings (SSSR count). The molecule has 1 aliphatic rings. The lowest BCUT2D eigenvalue weighted by Crippen LogP contribution is -2.01. The van der Waals surface area contributed by atoms with Crippen LogP contribution in [0.5, 0.6) is 0 Å². The molecule has 0 aliphatic heterocycles. The van der Waals surface area contributed by atoms with E-state index in [1.54, 1.807) is 0 Å². The monoisotopic (exact) mass is 1610 g/mol. The predicted octanol–water partition coefficient (Wildman–Crippen LogP) is 27.6. The average Bonchev–Trinajstić information content (AvgIpc) is 1.60. The highest BCUT2D eigenvalue weighted by molar-refractivity contribution is 6.29.